The van der Waals surface area contributed by atoms with Crippen LogP contribution in [0.4, 0.5) is 5.69 Å². The molecule has 1 aliphatic rings. The molecule has 0 saturated heterocycles. The number of hydrogen-bond acceptors (Lipinski definition) is 4. The lowest BCUT2D eigenvalue weighted by Gasteiger charge is -2.16. The van der Waals surface area contributed by atoms with E-state index in [0.717, 1.165) is 12.1 Å². The van der Waals surface area contributed by atoms with Crippen molar-refractivity contribution in [2.45, 2.75) is 6.42 Å². The lowest BCUT2D eigenvalue weighted by molar-refractivity contribution is 0.0992. The van der Waals surface area contributed by atoms with Crippen molar-refractivity contribution in [3.63, 3.8) is 0 Å². The van der Waals surface area contributed by atoms with Crippen molar-refractivity contribution in [1.82, 2.24) is 9.78 Å². The van der Waals surface area contributed by atoms with Crippen molar-refractivity contribution in [1.29, 1.82) is 0 Å². The molecule has 0 bridgehead atoms. The molecule has 0 unspecified atom stereocenters. The number of ether oxygens (including phenoxy) is 2. The molecule has 0 spiro atoms. The standard InChI is InChI=1S/C15H17N3O3/c1-17-10-12(9-16-17)18(2)15(19)11-4-5-13-14(8-11)21-7-3-6-20-13/h4-5,8-10H,3,6-7H2,1-2H3. The van der Waals surface area contributed by atoms with E-state index in [1.807, 2.05) is 7.05 Å². The maximum atomic E-state index is 12.5. The van der Waals surface area contributed by atoms with Gasteiger partial charge in [-0.15, -0.1) is 0 Å². The molecule has 6 heteroatoms. The maximum absolute atomic E-state index is 12.5. The van der Waals surface area contributed by atoms with Crippen LogP contribution in [-0.2, 0) is 7.05 Å². The molecule has 1 amide bonds. The molecule has 0 radical (unpaired) electrons. The molecule has 2 heterocycles. The van der Waals surface area contributed by atoms with Crippen molar-refractivity contribution in [2.24, 2.45) is 7.05 Å². The number of rotatable bonds is 2. The SMILES string of the molecule is CN(C(=O)c1ccc2c(c1)OCCCO2)c1cnn(C)c1. The Kier molecular flexibility index (Phi) is 3.51. The molecular formula is C15H17N3O3. The van der Waals surface area contributed by atoms with Gasteiger partial charge in [0.15, 0.2) is 11.5 Å². The third-order valence-corrected chi connectivity index (χ3v) is 3.38. The Morgan fingerprint density at radius 3 is 2.76 bits per heavy atom. The quantitative estimate of drug-likeness (QED) is 0.846. The Balaban J connectivity index is 1.86. The summed E-state index contributed by atoms with van der Waals surface area (Å²) in [5.74, 6) is 1.20. The predicted molar refractivity (Wildman–Crippen MR) is 78.0 cm³/mol. The molecule has 0 N–H and O–H groups in total. The number of benzene rings is 1. The van der Waals surface area contributed by atoms with Gasteiger partial charge >= 0.3 is 0 Å². The Labute approximate surface area is 122 Å². The van der Waals surface area contributed by atoms with Crippen molar-refractivity contribution < 1.29 is 14.3 Å². The largest absolute Gasteiger partial charge is 0.490 e. The van der Waals surface area contributed by atoms with Crippen molar-refractivity contribution in [2.75, 3.05) is 25.2 Å². The van der Waals surface area contributed by atoms with Gasteiger partial charge in [0.05, 0.1) is 25.1 Å². The molecule has 110 valence electrons. The second-order valence-electron chi connectivity index (χ2n) is 4.95. The molecule has 0 atom stereocenters. The van der Waals surface area contributed by atoms with Crippen LogP contribution >= 0.6 is 0 Å². The van der Waals surface area contributed by atoms with Gasteiger partial charge < -0.3 is 14.4 Å². The number of fused-ring (bicyclic) bond motifs is 1. The second kappa shape index (κ2) is 5.47. The van der Waals surface area contributed by atoms with Gasteiger partial charge in [-0.25, -0.2) is 0 Å². The van der Waals surface area contributed by atoms with Crippen LogP contribution in [0.2, 0.25) is 0 Å². The van der Waals surface area contributed by atoms with Gasteiger partial charge in [-0.3, -0.25) is 9.48 Å². The number of aromatic nitrogens is 2. The fourth-order valence-electron chi connectivity index (χ4n) is 2.19. The van der Waals surface area contributed by atoms with Crippen LogP contribution in [0, 0.1) is 0 Å². The molecule has 1 aromatic heterocycles. The first-order valence-electron chi connectivity index (χ1n) is 6.81. The lowest BCUT2D eigenvalue weighted by atomic mass is 10.1. The van der Waals surface area contributed by atoms with E-state index in [1.165, 1.54) is 0 Å². The second-order valence-corrected chi connectivity index (χ2v) is 4.95. The first kappa shape index (κ1) is 13.5. The van der Waals surface area contributed by atoms with E-state index in [0.29, 0.717) is 30.3 Å². The van der Waals surface area contributed by atoms with E-state index in [1.54, 1.807) is 47.2 Å². The molecule has 1 aromatic carbocycles. The highest BCUT2D eigenvalue weighted by molar-refractivity contribution is 6.06. The van der Waals surface area contributed by atoms with E-state index in [-0.39, 0.29) is 5.91 Å². The number of aryl methyl sites for hydroxylation is 1. The summed E-state index contributed by atoms with van der Waals surface area (Å²) in [6, 6.07) is 5.27. The summed E-state index contributed by atoms with van der Waals surface area (Å²) < 4.78 is 12.8. The van der Waals surface area contributed by atoms with Crippen LogP contribution in [0.25, 0.3) is 0 Å². The molecule has 2 aromatic rings. The number of carbonyl (C=O) groups is 1. The summed E-state index contributed by atoms with van der Waals surface area (Å²) in [7, 11) is 3.54. The van der Waals surface area contributed by atoms with Crippen molar-refractivity contribution in [3.05, 3.63) is 36.2 Å². The average Bonchev–Trinajstić information content (AvgIpc) is 2.79. The molecule has 1 aliphatic heterocycles. The predicted octanol–water partition coefficient (Wildman–Crippen LogP) is 1.86. The molecule has 0 fully saturated rings. The number of nitrogens with zero attached hydrogens (tertiary/aromatic N) is 3. The van der Waals surface area contributed by atoms with Crippen LogP contribution in [-0.4, -0.2) is 35.9 Å². The van der Waals surface area contributed by atoms with Crippen LogP contribution in [0.5, 0.6) is 11.5 Å². The van der Waals surface area contributed by atoms with Crippen molar-refractivity contribution >= 4 is 11.6 Å². The van der Waals surface area contributed by atoms with Crippen LogP contribution in [0.3, 0.4) is 0 Å². The minimum atomic E-state index is -0.112. The van der Waals surface area contributed by atoms with E-state index < -0.39 is 0 Å². The topological polar surface area (TPSA) is 56.6 Å². The minimum Gasteiger partial charge on any atom is -0.490 e. The third-order valence-electron chi connectivity index (χ3n) is 3.38. The molecule has 21 heavy (non-hydrogen) atoms. The molecule has 0 saturated carbocycles. The Hall–Kier alpha value is -2.50. The maximum Gasteiger partial charge on any atom is 0.258 e. The smallest absolute Gasteiger partial charge is 0.258 e. The Bertz CT molecular complexity index is 666. The Morgan fingerprint density at radius 1 is 1.29 bits per heavy atom. The number of anilines is 1. The lowest BCUT2D eigenvalue weighted by Crippen LogP contribution is -2.25. The van der Waals surface area contributed by atoms with E-state index >= 15 is 0 Å². The number of carbonyl (C=O) groups excluding carboxylic acids is 1. The molecule has 0 aliphatic carbocycles. The zero-order valence-electron chi connectivity index (χ0n) is 12.1. The van der Waals surface area contributed by atoms with Gasteiger partial charge in [0.1, 0.15) is 0 Å². The van der Waals surface area contributed by atoms with Gasteiger partial charge in [0.2, 0.25) is 0 Å². The van der Waals surface area contributed by atoms with Gasteiger partial charge in [0, 0.05) is 32.3 Å². The summed E-state index contributed by atoms with van der Waals surface area (Å²) in [4.78, 5) is 14.1. The summed E-state index contributed by atoms with van der Waals surface area (Å²) in [5.41, 5.74) is 1.31. The zero-order chi connectivity index (χ0) is 14.8. The van der Waals surface area contributed by atoms with Crippen molar-refractivity contribution in [3.8, 4) is 11.5 Å². The third kappa shape index (κ3) is 2.69. The molecule has 3 rings (SSSR count). The first-order chi connectivity index (χ1) is 10.1. The number of hydrogen-bond donors (Lipinski definition) is 0. The average molecular weight is 287 g/mol. The zero-order valence-corrected chi connectivity index (χ0v) is 12.1. The van der Waals surface area contributed by atoms with E-state index in [9.17, 15) is 4.79 Å². The summed E-state index contributed by atoms with van der Waals surface area (Å²) >= 11 is 0. The van der Waals surface area contributed by atoms with Crippen LogP contribution in [0.1, 0.15) is 16.8 Å². The van der Waals surface area contributed by atoms with E-state index in [4.69, 9.17) is 9.47 Å². The number of amides is 1. The van der Waals surface area contributed by atoms with Crippen LogP contribution < -0.4 is 14.4 Å². The Morgan fingerprint density at radius 2 is 2.05 bits per heavy atom. The molecular weight excluding hydrogens is 270 g/mol. The fraction of sp³-hybridized carbons (Fsp3) is 0.333. The van der Waals surface area contributed by atoms with Crippen LogP contribution in [0.15, 0.2) is 30.6 Å². The summed E-state index contributed by atoms with van der Waals surface area (Å²) in [5, 5.41) is 4.07. The molecule has 6 nitrogen and oxygen atoms in total. The fourth-order valence-corrected chi connectivity index (χ4v) is 2.19. The summed E-state index contributed by atoms with van der Waals surface area (Å²) in [6.45, 7) is 1.24. The minimum absolute atomic E-state index is 0.112. The highest BCUT2D eigenvalue weighted by Gasteiger charge is 2.18. The van der Waals surface area contributed by atoms with Gasteiger partial charge in [-0.2, -0.15) is 5.10 Å². The monoisotopic (exact) mass is 287 g/mol. The van der Waals surface area contributed by atoms with E-state index in [2.05, 4.69) is 5.10 Å². The van der Waals surface area contributed by atoms with Gasteiger partial charge in [-0.05, 0) is 18.2 Å². The van der Waals surface area contributed by atoms with Gasteiger partial charge in [-0.1, -0.05) is 0 Å². The summed E-state index contributed by atoms with van der Waals surface area (Å²) in [6.07, 6.45) is 4.29. The highest BCUT2D eigenvalue weighted by Crippen LogP contribution is 2.31. The first-order valence-corrected chi connectivity index (χ1v) is 6.81. The normalized spacial score (nSPS) is 13.6. The van der Waals surface area contributed by atoms with Gasteiger partial charge in [0.25, 0.3) is 5.91 Å². The highest BCUT2D eigenvalue weighted by atomic mass is 16.5.